The molecule has 2 nitrogen and oxygen atoms in total. The number of ketones is 1. The van der Waals surface area contributed by atoms with Crippen molar-refractivity contribution < 1.29 is 9.53 Å². The number of hydrogen-bond acceptors (Lipinski definition) is 3. The first-order valence-corrected chi connectivity index (χ1v) is 6.79. The van der Waals surface area contributed by atoms with E-state index in [4.69, 9.17) is 4.74 Å². The molecule has 1 aliphatic rings. The molecule has 1 saturated heterocycles. The van der Waals surface area contributed by atoms with Gasteiger partial charge in [-0.3, -0.25) is 4.79 Å². The molecular formula is C14H14O2S. The molecule has 1 aromatic heterocycles. The lowest BCUT2D eigenvalue weighted by atomic mass is 10.0. The van der Waals surface area contributed by atoms with E-state index >= 15 is 0 Å². The number of benzene rings is 1. The average Bonchev–Trinajstić information content (AvgIpc) is 2.95. The Hall–Kier alpha value is -1.19. The summed E-state index contributed by atoms with van der Waals surface area (Å²) in [7, 11) is 0. The van der Waals surface area contributed by atoms with Crippen molar-refractivity contribution in [1.29, 1.82) is 0 Å². The summed E-state index contributed by atoms with van der Waals surface area (Å²) >= 11 is 1.63. The van der Waals surface area contributed by atoms with Gasteiger partial charge in [0.05, 0.1) is 6.10 Å². The molecule has 2 atom stereocenters. The summed E-state index contributed by atoms with van der Waals surface area (Å²) in [6.45, 7) is 2.03. The predicted molar refractivity (Wildman–Crippen MR) is 69.7 cm³/mol. The molecule has 0 N–H and O–H groups in total. The lowest BCUT2D eigenvalue weighted by Gasteiger charge is -2.10. The van der Waals surface area contributed by atoms with E-state index in [1.807, 2.05) is 30.5 Å². The molecule has 1 aliphatic heterocycles. The minimum Gasteiger partial charge on any atom is -0.367 e. The van der Waals surface area contributed by atoms with E-state index in [0.717, 1.165) is 28.5 Å². The normalized spacial score (nSPS) is 24.3. The minimum absolute atomic E-state index is 0.141. The minimum atomic E-state index is -0.238. The lowest BCUT2D eigenvalue weighted by Crippen LogP contribution is -2.20. The van der Waals surface area contributed by atoms with Gasteiger partial charge in [-0.1, -0.05) is 12.1 Å². The number of Topliss-reactive ketones (excluding diaryl/α,β-unsaturated/α-hetero) is 1. The summed E-state index contributed by atoms with van der Waals surface area (Å²) in [4.78, 5) is 12.4. The van der Waals surface area contributed by atoms with E-state index in [1.165, 1.54) is 0 Å². The molecule has 0 saturated carbocycles. The Morgan fingerprint density at radius 1 is 1.35 bits per heavy atom. The van der Waals surface area contributed by atoms with Gasteiger partial charge < -0.3 is 4.74 Å². The van der Waals surface area contributed by atoms with Crippen LogP contribution in [0.25, 0.3) is 10.1 Å². The van der Waals surface area contributed by atoms with Crippen LogP contribution in [0.4, 0.5) is 0 Å². The van der Waals surface area contributed by atoms with Gasteiger partial charge in [0, 0.05) is 10.3 Å². The predicted octanol–water partition coefficient (Wildman–Crippen LogP) is 3.65. The van der Waals surface area contributed by atoms with Gasteiger partial charge in [0.2, 0.25) is 0 Å². The van der Waals surface area contributed by atoms with Crippen LogP contribution in [0, 0.1) is 0 Å². The molecule has 0 radical (unpaired) electrons. The van der Waals surface area contributed by atoms with Gasteiger partial charge in [-0.25, -0.2) is 0 Å². The van der Waals surface area contributed by atoms with Gasteiger partial charge in [0.15, 0.2) is 5.78 Å². The highest BCUT2D eigenvalue weighted by molar-refractivity contribution is 7.17. The van der Waals surface area contributed by atoms with Gasteiger partial charge in [-0.05, 0) is 42.7 Å². The molecular weight excluding hydrogens is 232 g/mol. The van der Waals surface area contributed by atoms with Crippen molar-refractivity contribution in [2.45, 2.75) is 32.0 Å². The van der Waals surface area contributed by atoms with Crippen LogP contribution < -0.4 is 0 Å². The van der Waals surface area contributed by atoms with Crippen LogP contribution in [0.5, 0.6) is 0 Å². The monoisotopic (exact) mass is 246 g/mol. The average molecular weight is 246 g/mol. The number of hydrogen-bond donors (Lipinski definition) is 0. The number of rotatable bonds is 2. The van der Waals surface area contributed by atoms with Crippen LogP contribution in [0.2, 0.25) is 0 Å². The van der Waals surface area contributed by atoms with Gasteiger partial charge in [-0.15, -0.1) is 11.3 Å². The molecule has 0 bridgehead atoms. The third-order valence-electron chi connectivity index (χ3n) is 3.27. The van der Waals surface area contributed by atoms with Crippen LogP contribution in [0.15, 0.2) is 29.6 Å². The van der Waals surface area contributed by atoms with Crippen LogP contribution in [-0.2, 0) is 4.74 Å². The number of thiophene rings is 1. The van der Waals surface area contributed by atoms with Crippen molar-refractivity contribution >= 4 is 27.2 Å². The van der Waals surface area contributed by atoms with Crippen molar-refractivity contribution in [2.75, 3.05) is 0 Å². The molecule has 2 unspecified atom stereocenters. The lowest BCUT2D eigenvalue weighted by molar-refractivity contribution is 0.0435. The first-order valence-electron chi connectivity index (χ1n) is 5.91. The summed E-state index contributed by atoms with van der Waals surface area (Å²) in [6.07, 6.45) is 1.81. The molecule has 2 aromatic rings. The van der Waals surface area contributed by atoms with E-state index in [1.54, 1.807) is 11.3 Å². The Labute approximate surface area is 104 Å². The molecule has 3 heteroatoms. The summed E-state index contributed by atoms with van der Waals surface area (Å²) in [6, 6.07) is 7.95. The Kier molecular flexibility index (Phi) is 2.73. The number of fused-ring (bicyclic) bond motifs is 1. The van der Waals surface area contributed by atoms with E-state index in [2.05, 4.69) is 6.07 Å². The van der Waals surface area contributed by atoms with Gasteiger partial charge >= 0.3 is 0 Å². The van der Waals surface area contributed by atoms with Crippen molar-refractivity contribution in [3.63, 3.8) is 0 Å². The first kappa shape index (κ1) is 10.9. The molecule has 1 aromatic carbocycles. The smallest absolute Gasteiger partial charge is 0.192 e. The summed E-state index contributed by atoms with van der Waals surface area (Å²) < 4.78 is 6.74. The van der Waals surface area contributed by atoms with Crippen molar-refractivity contribution in [3.05, 3.63) is 35.2 Å². The molecule has 2 heterocycles. The molecule has 17 heavy (non-hydrogen) atoms. The fraction of sp³-hybridized carbons (Fsp3) is 0.357. The molecule has 0 amide bonds. The number of ether oxygens (including phenoxy) is 1. The highest BCUT2D eigenvalue weighted by atomic mass is 32.1. The van der Waals surface area contributed by atoms with Gasteiger partial charge in [0.1, 0.15) is 6.10 Å². The molecule has 1 fully saturated rings. The van der Waals surface area contributed by atoms with Crippen molar-refractivity contribution in [1.82, 2.24) is 0 Å². The van der Waals surface area contributed by atoms with Gasteiger partial charge in [0.25, 0.3) is 0 Å². The fourth-order valence-electron chi connectivity index (χ4n) is 2.36. The maximum Gasteiger partial charge on any atom is 0.192 e. The van der Waals surface area contributed by atoms with E-state index < -0.39 is 0 Å². The standard InChI is InChI=1S/C14H14O2S/c1-9-5-6-12(16-9)13(15)11-4-2-3-10-7-8-17-14(10)11/h2-4,7-9,12H,5-6H2,1H3. The van der Waals surface area contributed by atoms with Crippen molar-refractivity contribution in [2.24, 2.45) is 0 Å². The second-order valence-corrected chi connectivity index (χ2v) is 5.44. The Morgan fingerprint density at radius 3 is 3.00 bits per heavy atom. The first-order chi connectivity index (χ1) is 8.25. The summed E-state index contributed by atoms with van der Waals surface area (Å²) in [5.41, 5.74) is 0.816. The zero-order valence-corrected chi connectivity index (χ0v) is 10.5. The number of carbonyl (C=O) groups is 1. The Bertz CT molecular complexity index is 558. The zero-order chi connectivity index (χ0) is 11.8. The Morgan fingerprint density at radius 2 is 2.24 bits per heavy atom. The Balaban J connectivity index is 1.98. The highest BCUT2D eigenvalue weighted by Gasteiger charge is 2.29. The quantitative estimate of drug-likeness (QED) is 0.756. The summed E-state index contributed by atoms with van der Waals surface area (Å²) in [5.74, 6) is 0.141. The maximum atomic E-state index is 12.4. The zero-order valence-electron chi connectivity index (χ0n) is 9.68. The van der Waals surface area contributed by atoms with E-state index in [9.17, 15) is 4.79 Å². The van der Waals surface area contributed by atoms with Gasteiger partial charge in [-0.2, -0.15) is 0 Å². The molecule has 3 rings (SSSR count). The van der Waals surface area contributed by atoms with E-state index in [0.29, 0.717) is 0 Å². The largest absolute Gasteiger partial charge is 0.367 e. The topological polar surface area (TPSA) is 26.3 Å². The van der Waals surface area contributed by atoms with Crippen molar-refractivity contribution in [3.8, 4) is 0 Å². The molecule has 88 valence electrons. The maximum absolute atomic E-state index is 12.4. The second-order valence-electron chi connectivity index (χ2n) is 4.52. The highest BCUT2D eigenvalue weighted by Crippen LogP contribution is 2.29. The number of carbonyl (C=O) groups excluding carboxylic acids is 1. The third kappa shape index (κ3) is 1.90. The fourth-order valence-corrected chi connectivity index (χ4v) is 3.27. The SMILES string of the molecule is CC1CCC(C(=O)c2cccc3ccsc23)O1. The third-order valence-corrected chi connectivity index (χ3v) is 4.23. The van der Waals surface area contributed by atoms with Crippen LogP contribution >= 0.6 is 11.3 Å². The van der Waals surface area contributed by atoms with Crippen LogP contribution in [0.1, 0.15) is 30.1 Å². The van der Waals surface area contributed by atoms with Crippen LogP contribution in [0.3, 0.4) is 0 Å². The van der Waals surface area contributed by atoms with E-state index in [-0.39, 0.29) is 18.0 Å². The summed E-state index contributed by atoms with van der Waals surface area (Å²) in [5, 5.41) is 3.17. The second kappa shape index (κ2) is 4.24. The molecule has 0 aliphatic carbocycles. The molecule has 0 spiro atoms. The van der Waals surface area contributed by atoms with Crippen LogP contribution in [-0.4, -0.2) is 18.0 Å².